The zero-order valence-corrected chi connectivity index (χ0v) is 23.8. The lowest BCUT2D eigenvalue weighted by Gasteiger charge is -2.16. The first-order chi connectivity index (χ1) is 18.9. The van der Waals surface area contributed by atoms with Crippen LogP contribution in [-0.4, -0.2) is 12.3 Å². The van der Waals surface area contributed by atoms with E-state index in [1.807, 2.05) is 48.5 Å². The summed E-state index contributed by atoms with van der Waals surface area (Å²) in [4.78, 5) is 12.1. The van der Waals surface area contributed by atoms with Crippen molar-refractivity contribution in [2.75, 3.05) is 6.54 Å². The molecule has 0 fully saturated rings. The molecule has 0 aliphatic carbocycles. The fourth-order valence-corrected chi connectivity index (χ4v) is 4.08. The molecule has 3 heteroatoms. The molecule has 0 aliphatic rings. The van der Waals surface area contributed by atoms with Crippen LogP contribution in [0.25, 0.3) is 16.7 Å². The summed E-state index contributed by atoms with van der Waals surface area (Å²) in [6.45, 7) is 10.6. The molecule has 200 valence electrons. The molecular weight excluding hydrogens is 478 g/mol. The third-order valence-electron chi connectivity index (χ3n) is 6.31. The van der Waals surface area contributed by atoms with E-state index < -0.39 is 0 Å². The normalized spacial score (nSPS) is 11.7. The maximum atomic E-state index is 12.1. The summed E-state index contributed by atoms with van der Waals surface area (Å²) in [5.41, 5.74) is 13.6. The lowest BCUT2D eigenvalue weighted by Crippen LogP contribution is -2.13. The van der Waals surface area contributed by atoms with E-state index in [9.17, 15) is 4.79 Å². The molecule has 0 atom stereocenters. The summed E-state index contributed by atoms with van der Waals surface area (Å²) in [6, 6.07) is 24.0. The van der Waals surface area contributed by atoms with Gasteiger partial charge in [-0.2, -0.15) is 0 Å². The predicted molar refractivity (Wildman–Crippen MR) is 165 cm³/mol. The summed E-state index contributed by atoms with van der Waals surface area (Å²) in [5, 5.41) is 0. The van der Waals surface area contributed by atoms with Crippen molar-refractivity contribution in [3.63, 3.8) is 0 Å². The van der Waals surface area contributed by atoms with Gasteiger partial charge in [-0.05, 0) is 80.7 Å². The highest BCUT2D eigenvalue weighted by atomic mass is 16.5. The fourth-order valence-electron chi connectivity index (χ4n) is 4.08. The van der Waals surface area contributed by atoms with Crippen molar-refractivity contribution < 1.29 is 9.53 Å². The number of hydrogen-bond donors (Lipinski definition) is 1. The molecule has 0 aromatic heterocycles. The van der Waals surface area contributed by atoms with Crippen molar-refractivity contribution in [3.8, 4) is 28.7 Å². The lowest BCUT2D eigenvalue weighted by atomic mass is 9.98. The van der Waals surface area contributed by atoms with Crippen molar-refractivity contribution in [3.05, 3.63) is 119 Å². The molecule has 0 saturated carbocycles. The van der Waals surface area contributed by atoms with E-state index in [2.05, 4.69) is 82.9 Å². The number of ketones is 1. The van der Waals surface area contributed by atoms with Gasteiger partial charge in [0.2, 0.25) is 0 Å². The highest BCUT2D eigenvalue weighted by Gasteiger charge is 2.13. The third kappa shape index (κ3) is 8.43. The van der Waals surface area contributed by atoms with Crippen LogP contribution in [0.4, 0.5) is 0 Å². The smallest absolute Gasteiger partial charge is 0.176 e. The first kappa shape index (κ1) is 29.4. The quantitative estimate of drug-likeness (QED) is 0.127. The summed E-state index contributed by atoms with van der Waals surface area (Å²) >= 11 is 0. The van der Waals surface area contributed by atoms with Gasteiger partial charge in [0.25, 0.3) is 0 Å². The maximum Gasteiger partial charge on any atom is 0.176 e. The molecule has 0 bridgehead atoms. The number of unbranched alkanes of at least 4 members (excludes halogenated alkanes) is 1. The predicted octanol–water partition coefficient (Wildman–Crippen LogP) is 8.76. The Kier molecular flexibility index (Phi) is 11.1. The number of carbonyl (C=O) groups excluding carboxylic acids is 1. The van der Waals surface area contributed by atoms with Gasteiger partial charge in [0, 0.05) is 23.1 Å². The van der Waals surface area contributed by atoms with Crippen molar-refractivity contribution >= 4 is 11.4 Å². The second-order valence-electron chi connectivity index (χ2n) is 9.75. The van der Waals surface area contributed by atoms with Gasteiger partial charge in [0.15, 0.2) is 5.78 Å². The van der Waals surface area contributed by atoms with Gasteiger partial charge < -0.3 is 10.5 Å². The molecule has 39 heavy (non-hydrogen) atoms. The largest absolute Gasteiger partial charge is 0.457 e. The number of rotatable bonds is 10. The highest BCUT2D eigenvalue weighted by molar-refractivity contribution is 5.98. The number of Topliss-reactive ketones (excluding diaryl/α,β-unsaturated/α-hetero) is 1. The summed E-state index contributed by atoms with van der Waals surface area (Å²) in [6.07, 6.45) is 6.99. The maximum absolute atomic E-state index is 12.1. The van der Waals surface area contributed by atoms with Gasteiger partial charge in [0.05, 0.1) is 6.54 Å². The topological polar surface area (TPSA) is 52.3 Å². The Morgan fingerprint density at radius 1 is 0.897 bits per heavy atom. The standard InChI is InChI=1S/C36H39NO2/c1-6-8-10-13-28-16-21-33(30-17-19-31(20-18-30)35(38)25-37)36(23-28)39-32(22-26(3)4)24-34(27(5)7-2)29-14-11-9-12-15-29/h9,11-12,14-24H,6-8,25,37H2,1-5H3/b32-24+,34-27+. The van der Waals surface area contributed by atoms with Crippen LogP contribution >= 0.6 is 0 Å². The Morgan fingerprint density at radius 2 is 1.62 bits per heavy atom. The van der Waals surface area contributed by atoms with Crippen LogP contribution in [0.5, 0.6) is 5.75 Å². The summed E-state index contributed by atoms with van der Waals surface area (Å²) < 4.78 is 6.70. The molecule has 3 rings (SSSR count). The number of allylic oxidation sites excluding steroid dienone is 5. The highest BCUT2D eigenvalue weighted by Crippen LogP contribution is 2.34. The zero-order valence-electron chi connectivity index (χ0n) is 23.8. The number of nitrogens with two attached hydrogens (primary N) is 1. The van der Waals surface area contributed by atoms with E-state index in [1.165, 1.54) is 5.57 Å². The van der Waals surface area contributed by atoms with E-state index in [-0.39, 0.29) is 12.3 Å². The van der Waals surface area contributed by atoms with E-state index in [4.69, 9.17) is 10.5 Å². The minimum absolute atomic E-state index is 0.00979. The molecule has 2 N–H and O–H groups in total. The molecular formula is C36H39NO2. The molecule has 0 saturated heterocycles. The SMILES string of the molecule is CCCC#Cc1ccc(-c2ccc(C(=O)CN)cc2)c(O/C(C=C(C)C)=C/C(=C(/C)CC)c2ccccc2)c1. The van der Waals surface area contributed by atoms with Gasteiger partial charge in [-0.25, -0.2) is 0 Å². The van der Waals surface area contributed by atoms with Gasteiger partial charge in [0.1, 0.15) is 11.5 Å². The average Bonchev–Trinajstić information content (AvgIpc) is 2.95. The Morgan fingerprint density at radius 3 is 2.23 bits per heavy atom. The molecule has 0 spiro atoms. The lowest BCUT2D eigenvalue weighted by molar-refractivity contribution is 0.100. The van der Waals surface area contributed by atoms with Gasteiger partial charge in [-0.15, -0.1) is 0 Å². The van der Waals surface area contributed by atoms with Gasteiger partial charge in [-0.1, -0.05) is 91.4 Å². The van der Waals surface area contributed by atoms with Crippen molar-refractivity contribution in [2.24, 2.45) is 5.73 Å². The third-order valence-corrected chi connectivity index (χ3v) is 6.31. The molecule has 3 nitrogen and oxygen atoms in total. The molecule has 0 aliphatic heterocycles. The Labute approximate surface area is 234 Å². The minimum Gasteiger partial charge on any atom is -0.457 e. The van der Waals surface area contributed by atoms with Crippen LogP contribution in [0.3, 0.4) is 0 Å². The van der Waals surface area contributed by atoms with Crippen molar-refractivity contribution in [1.29, 1.82) is 0 Å². The van der Waals surface area contributed by atoms with E-state index >= 15 is 0 Å². The van der Waals surface area contributed by atoms with E-state index in [1.54, 1.807) is 0 Å². The minimum atomic E-state index is -0.0835. The van der Waals surface area contributed by atoms with Gasteiger partial charge >= 0.3 is 0 Å². The first-order valence-electron chi connectivity index (χ1n) is 13.6. The molecule has 0 unspecified atom stereocenters. The summed E-state index contributed by atoms with van der Waals surface area (Å²) in [7, 11) is 0. The van der Waals surface area contributed by atoms with Crippen molar-refractivity contribution in [1.82, 2.24) is 0 Å². The van der Waals surface area contributed by atoms with Crippen LogP contribution in [0.2, 0.25) is 0 Å². The number of hydrogen-bond acceptors (Lipinski definition) is 3. The monoisotopic (exact) mass is 517 g/mol. The van der Waals surface area contributed by atoms with Crippen LogP contribution in [0.1, 0.15) is 75.4 Å². The van der Waals surface area contributed by atoms with Crippen LogP contribution < -0.4 is 10.5 Å². The van der Waals surface area contributed by atoms with E-state index in [0.717, 1.165) is 58.4 Å². The molecule has 0 amide bonds. The van der Waals surface area contributed by atoms with Crippen molar-refractivity contribution in [2.45, 2.75) is 53.9 Å². The van der Waals surface area contributed by atoms with Crippen LogP contribution in [0.15, 0.2) is 102 Å². The second kappa shape index (κ2) is 14.7. The van der Waals surface area contributed by atoms with Crippen LogP contribution in [-0.2, 0) is 0 Å². The molecule has 0 heterocycles. The number of benzene rings is 3. The summed E-state index contributed by atoms with van der Waals surface area (Å²) in [5.74, 6) is 7.88. The zero-order chi connectivity index (χ0) is 28.2. The number of carbonyl (C=O) groups is 1. The Bertz CT molecular complexity index is 1420. The first-order valence-corrected chi connectivity index (χ1v) is 13.6. The van der Waals surface area contributed by atoms with Crippen LogP contribution in [0, 0.1) is 11.8 Å². The van der Waals surface area contributed by atoms with Gasteiger partial charge in [-0.3, -0.25) is 4.79 Å². The average molecular weight is 518 g/mol. The molecule has 3 aromatic carbocycles. The second-order valence-corrected chi connectivity index (χ2v) is 9.75. The molecule has 0 radical (unpaired) electrons. The Hall–Kier alpha value is -4.13. The fraction of sp³-hybridized carbons (Fsp3) is 0.250. The molecule has 3 aromatic rings. The number of ether oxygens (including phenoxy) is 1. The van der Waals surface area contributed by atoms with E-state index in [0.29, 0.717) is 11.3 Å². The Balaban J connectivity index is 2.16.